The van der Waals surface area contributed by atoms with E-state index in [0.717, 1.165) is 10.9 Å². The number of benzene rings is 2. The van der Waals surface area contributed by atoms with Crippen LogP contribution in [0.15, 0.2) is 62.8 Å². The molecule has 2 aromatic carbocycles. The van der Waals surface area contributed by atoms with Gasteiger partial charge in [0, 0.05) is 11.8 Å². The molecule has 5 rings (SSSR count). The molecule has 3 aromatic rings. The van der Waals surface area contributed by atoms with E-state index < -0.39 is 5.63 Å². The molecule has 0 bridgehead atoms. The van der Waals surface area contributed by atoms with Crippen molar-refractivity contribution in [1.29, 1.82) is 0 Å². The van der Waals surface area contributed by atoms with Crippen LogP contribution in [0.1, 0.15) is 23.6 Å². The first-order chi connectivity index (χ1) is 13.7. The second-order valence-corrected chi connectivity index (χ2v) is 6.58. The van der Waals surface area contributed by atoms with Crippen molar-refractivity contribution in [2.75, 3.05) is 6.79 Å². The molecule has 8 heteroatoms. The van der Waals surface area contributed by atoms with Crippen molar-refractivity contribution >= 4 is 22.6 Å². The molecule has 1 atom stereocenters. The van der Waals surface area contributed by atoms with Crippen LogP contribution in [0.25, 0.3) is 11.0 Å². The molecule has 140 valence electrons. The maximum Gasteiger partial charge on any atom is 0.365 e. The zero-order chi connectivity index (χ0) is 19.1. The molecule has 0 amide bonds. The van der Waals surface area contributed by atoms with Gasteiger partial charge in [-0.2, -0.15) is 5.43 Å². The van der Waals surface area contributed by atoms with Crippen molar-refractivity contribution in [3.63, 3.8) is 0 Å². The van der Waals surface area contributed by atoms with E-state index in [4.69, 9.17) is 19.6 Å². The highest BCUT2D eigenvalue weighted by molar-refractivity contribution is 6.03. The standard InChI is InChI=1S/C20H16N4O4/c21-20-22-14(11-5-6-17-18(8-11)27-10-26-17)9-15(23-24-20)13-7-12-3-1-2-4-16(12)28-19(13)25/h1-8,14H,9-10H2,(H3,21,22,24)/p+1/t14-/m0/s1. The van der Waals surface area contributed by atoms with Gasteiger partial charge in [0.05, 0.1) is 11.3 Å². The minimum atomic E-state index is -0.441. The highest BCUT2D eigenvalue weighted by Crippen LogP contribution is 2.34. The third kappa shape index (κ3) is 2.84. The monoisotopic (exact) mass is 377 g/mol. The van der Waals surface area contributed by atoms with Crippen LogP contribution in [0.3, 0.4) is 0 Å². The van der Waals surface area contributed by atoms with Crippen LogP contribution < -0.4 is 31.3 Å². The van der Waals surface area contributed by atoms with Crippen molar-refractivity contribution < 1.29 is 18.9 Å². The van der Waals surface area contributed by atoms with E-state index >= 15 is 0 Å². The molecule has 2 aliphatic heterocycles. The largest absolute Gasteiger partial charge is 0.454 e. The van der Waals surface area contributed by atoms with E-state index in [1.54, 1.807) is 12.1 Å². The van der Waals surface area contributed by atoms with Gasteiger partial charge in [0.2, 0.25) is 6.79 Å². The Labute approximate surface area is 159 Å². The van der Waals surface area contributed by atoms with Crippen LogP contribution in [0.2, 0.25) is 0 Å². The van der Waals surface area contributed by atoms with Crippen LogP contribution in [-0.4, -0.2) is 18.5 Å². The number of para-hydroxylation sites is 1. The quantitative estimate of drug-likeness (QED) is 0.556. The number of hydrogen-bond acceptors (Lipinski definition) is 7. The predicted octanol–water partition coefficient (Wildman–Crippen LogP) is 0.356. The summed E-state index contributed by atoms with van der Waals surface area (Å²) in [6.07, 6.45) is 0.427. The van der Waals surface area contributed by atoms with Crippen molar-refractivity contribution in [2.45, 2.75) is 12.5 Å². The summed E-state index contributed by atoms with van der Waals surface area (Å²) in [5.41, 5.74) is 10.7. The lowest BCUT2D eigenvalue weighted by molar-refractivity contribution is -0.510. The number of hydrazone groups is 1. The van der Waals surface area contributed by atoms with Crippen LogP contribution in [0.5, 0.6) is 11.5 Å². The third-order valence-electron chi connectivity index (χ3n) is 4.79. The van der Waals surface area contributed by atoms with Crippen molar-refractivity contribution in [3.8, 4) is 11.5 Å². The average molecular weight is 377 g/mol. The summed E-state index contributed by atoms with van der Waals surface area (Å²) in [5, 5.41) is 5.14. The van der Waals surface area contributed by atoms with E-state index in [1.165, 1.54) is 0 Å². The smallest absolute Gasteiger partial charge is 0.365 e. The molecule has 28 heavy (non-hydrogen) atoms. The van der Waals surface area contributed by atoms with E-state index in [2.05, 4.69) is 15.5 Å². The Morgan fingerprint density at radius 2 is 1.96 bits per heavy atom. The lowest BCUT2D eigenvalue weighted by Gasteiger charge is -2.12. The first-order valence-corrected chi connectivity index (χ1v) is 8.82. The fourth-order valence-electron chi connectivity index (χ4n) is 3.40. The van der Waals surface area contributed by atoms with Gasteiger partial charge in [-0.1, -0.05) is 24.3 Å². The Morgan fingerprint density at radius 1 is 1.11 bits per heavy atom. The summed E-state index contributed by atoms with van der Waals surface area (Å²) < 4.78 is 16.3. The molecule has 4 N–H and O–H groups in total. The summed E-state index contributed by atoms with van der Waals surface area (Å²) in [6.45, 7) is 0.206. The maximum absolute atomic E-state index is 12.6. The zero-order valence-corrected chi connectivity index (χ0v) is 14.8. The Morgan fingerprint density at radius 3 is 2.89 bits per heavy atom. The Kier molecular flexibility index (Phi) is 3.75. The lowest BCUT2D eigenvalue weighted by Crippen LogP contribution is -2.78. The van der Waals surface area contributed by atoms with Gasteiger partial charge in [-0.05, 0) is 29.8 Å². The molecule has 0 unspecified atom stereocenters. The number of rotatable bonds is 2. The number of fused-ring (bicyclic) bond motifs is 2. The molecule has 2 aliphatic rings. The molecule has 0 radical (unpaired) electrons. The molecule has 3 heterocycles. The normalized spacial score (nSPS) is 18.2. The van der Waals surface area contributed by atoms with Crippen LogP contribution >= 0.6 is 0 Å². The van der Waals surface area contributed by atoms with E-state index in [-0.39, 0.29) is 12.8 Å². The van der Waals surface area contributed by atoms with Crippen LogP contribution in [0.4, 0.5) is 0 Å². The summed E-state index contributed by atoms with van der Waals surface area (Å²) in [6, 6.07) is 14.6. The molecule has 1 aromatic heterocycles. The van der Waals surface area contributed by atoms with Crippen LogP contribution in [-0.2, 0) is 0 Å². The predicted molar refractivity (Wildman–Crippen MR) is 102 cm³/mol. The fourth-order valence-corrected chi connectivity index (χ4v) is 3.40. The first-order valence-electron chi connectivity index (χ1n) is 8.82. The molecular formula is C20H17N4O4+. The van der Waals surface area contributed by atoms with E-state index in [9.17, 15) is 4.79 Å². The van der Waals surface area contributed by atoms with Gasteiger partial charge < -0.3 is 13.9 Å². The summed E-state index contributed by atoms with van der Waals surface area (Å²) in [4.78, 5) is 15.7. The number of ether oxygens (including phenoxy) is 2. The third-order valence-corrected chi connectivity index (χ3v) is 4.79. The topological polar surface area (TPSA) is 113 Å². The number of nitrogens with one attached hydrogen (secondary N) is 2. The van der Waals surface area contributed by atoms with Gasteiger partial charge in [-0.3, -0.25) is 10.7 Å². The number of hydrogen-bond donors (Lipinski definition) is 3. The Hall–Kier alpha value is -3.81. The van der Waals surface area contributed by atoms with Crippen molar-refractivity contribution in [1.82, 2.24) is 5.43 Å². The minimum absolute atomic E-state index is 0.206. The second-order valence-electron chi connectivity index (χ2n) is 6.58. The zero-order valence-electron chi connectivity index (χ0n) is 14.8. The lowest BCUT2D eigenvalue weighted by atomic mass is 9.97. The van der Waals surface area contributed by atoms with Gasteiger partial charge in [-0.15, -0.1) is 5.10 Å². The molecule has 0 saturated carbocycles. The molecule has 0 fully saturated rings. The van der Waals surface area contributed by atoms with E-state index in [0.29, 0.717) is 40.7 Å². The highest BCUT2D eigenvalue weighted by Gasteiger charge is 2.25. The maximum atomic E-state index is 12.6. The first kappa shape index (κ1) is 16.4. The summed E-state index contributed by atoms with van der Waals surface area (Å²) >= 11 is 0. The highest BCUT2D eigenvalue weighted by atomic mass is 16.7. The average Bonchev–Trinajstić information content (AvgIpc) is 3.09. The van der Waals surface area contributed by atoms with Crippen molar-refractivity contribution in [3.05, 3.63) is 70.1 Å². The Bertz CT molecular complexity index is 1200. The fraction of sp³-hybridized carbons (Fsp3) is 0.150. The summed E-state index contributed by atoms with van der Waals surface area (Å²) in [5.74, 6) is 1.68. The second kappa shape index (κ2) is 6.41. The van der Waals surface area contributed by atoms with Gasteiger partial charge in [0.15, 0.2) is 11.5 Å². The van der Waals surface area contributed by atoms with Gasteiger partial charge in [-0.25, -0.2) is 4.79 Å². The number of guanidine groups is 1. The van der Waals surface area contributed by atoms with Gasteiger partial charge in [0.1, 0.15) is 11.6 Å². The van der Waals surface area contributed by atoms with Crippen molar-refractivity contribution in [2.24, 2.45) is 10.8 Å². The minimum Gasteiger partial charge on any atom is -0.454 e. The SMILES string of the molecule is NC1=[NH+][C@H](c2ccc3c(c2)OCO3)CC(c2cc3ccccc3oc2=O)=NN1. The number of nitrogens with zero attached hydrogens (tertiary/aromatic N) is 1. The molecular weight excluding hydrogens is 360 g/mol. The van der Waals surface area contributed by atoms with Gasteiger partial charge in [0.25, 0.3) is 0 Å². The summed E-state index contributed by atoms with van der Waals surface area (Å²) in [7, 11) is 0. The molecule has 0 spiro atoms. The van der Waals surface area contributed by atoms with Crippen LogP contribution in [0, 0.1) is 0 Å². The van der Waals surface area contributed by atoms with Gasteiger partial charge >= 0.3 is 11.6 Å². The molecule has 0 aliphatic carbocycles. The molecule has 8 nitrogen and oxygen atoms in total. The number of nitrogens with two attached hydrogens (primary N) is 1. The van der Waals surface area contributed by atoms with E-state index in [1.807, 2.05) is 36.4 Å². The molecule has 0 saturated heterocycles. The Balaban J connectivity index is 1.55.